The Morgan fingerprint density at radius 1 is 0.500 bits per heavy atom. The molecule has 8 amide bonds. The van der Waals surface area contributed by atoms with Crippen LogP contribution < -0.4 is 47.7 Å². The van der Waals surface area contributed by atoms with Gasteiger partial charge in [0.15, 0.2) is 0 Å². The highest BCUT2D eigenvalue weighted by Crippen LogP contribution is 2.23. The van der Waals surface area contributed by atoms with E-state index in [0.29, 0.717) is 0 Å². The van der Waals surface area contributed by atoms with Crippen molar-refractivity contribution in [1.82, 2.24) is 56.8 Å². The minimum absolute atomic E-state index is 0.0826. The molecule has 0 bridgehead atoms. The number of rotatable bonds is 35. The largest absolute Gasteiger partial charge is 0.573 e. The number of nitrogens with one attached hydrogen (secondary N) is 7. The van der Waals surface area contributed by atoms with Crippen molar-refractivity contribution in [1.29, 1.82) is 0 Å². The average Bonchev–Trinajstić information content (AvgIpc) is 3.57. The van der Waals surface area contributed by atoms with Gasteiger partial charge < -0.3 is 78.3 Å². The molecule has 5 atom stereocenters. The van der Waals surface area contributed by atoms with Crippen molar-refractivity contribution in [2.24, 2.45) is 11.7 Å². The van der Waals surface area contributed by atoms with Gasteiger partial charge in [-0.2, -0.15) is 0 Å². The fourth-order valence-corrected chi connectivity index (χ4v) is 8.18. The fourth-order valence-electron chi connectivity index (χ4n) is 8.18. The van der Waals surface area contributed by atoms with Gasteiger partial charge in [-0.3, -0.25) is 86.7 Å². The lowest BCUT2D eigenvalue weighted by Gasteiger charge is -2.32. The summed E-state index contributed by atoms with van der Waals surface area (Å²) in [6.07, 6.45) is -10.0. The number of nitrogens with zero attached hydrogens (tertiary/aromatic N) is 4. The molecule has 0 radical (unpaired) electrons. The van der Waals surface area contributed by atoms with Crippen LogP contribution in [0.25, 0.3) is 0 Å². The lowest BCUT2D eigenvalue weighted by molar-refractivity contribution is -0.274. The highest BCUT2D eigenvalue weighted by atomic mass is 19.4. The number of benzene rings is 1. The minimum atomic E-state index is -4.96. The van der Waals surface area contributed by atoms with E-state index >= 15 is 0 Å². The van der Waals surface area contributed by atoms with Crippen molar-refractivity contribution in [3.8, 4) is 5.75 Å². The van der Waals surface area contributed by atoms with Gasteiger partial charge in [0.25, 0.3) is 0 Å². The topological polar surface area (TPSA) is 493 Å². The second-order valence-electron chi connectivity index (χ2n) is 20.0. The van der Waals surface area contributed by atoms with Crippen LogP contribution in [0.1, 0.15) is 64.4 Å². The standard InChI is InChI=1S/C50H73F3N12O21/c1-28(2)44(49(85)60-34(22-40(73)74)48(84)59-32(45(54)81)20-36(67)56-23-29-5-7-30(8-6-29)86-50(51,52)53)61-46(82)31(9-10-38(69)70)58-47(83)33(21-39(71)72)57-35(66)4-3-11-55-37(68)24-62-12-14-63(25-41(75)76)16-18-65(27-43(79)80)19-17-64(15-13-62)26-42(77)78/h5-8,28,31-34,44H,3-4,9-27H2,1-2H3,(H2,54,81)(H,55,68)(H,56,67)(H,57,66)(H,58,83)(H,59,84)(H,60,85)(H,61,82)(H,69,70)(H,71,72)(H,73,74)(H,75,76)(H,77,78)(H,79,80)/t31-,32-,33-,34-,44-/m0/s1. The maximum atomic E-state index is 13.8. The summed E-state index contributed by atoms with van der Waals surface area (Å²) in [5.41, 5.74) is 5.66. The van der Waals surface area contributed by atoms with Crippen LogP contribution in [0.4, 0.5) is 13.2 Å². The molecule has 1 heterocycles. The molecule has 0 aliphatic carbocycles. The number of ether oxygens (including phenoxy) is 1. The van der Waals surface area contributed by atoms with Crippen LogP contribution in [-0.2, 0) is 73.7 Å². The van der Waals surface area contributed by atoms with Crippen LogP contribution in [0, 0.1) is 5.92 Å². The molecule has 0 saturated carbocycles. The summed E-state index contributed by atoms with van der Waals surface area (Å²) in [6.45, 7) is 2.03. The Bertz CT molecular complexity index is 2530. The first-order valence-electron chi connectivity index (χ1n) is 26.6. The molecule has 2 rings (SSSR count). The summed E-state index contributed by atoms with van der Waals surface area (Å²) >= 11 is 0. The van der Waals surface area contributed by atoms with Gasteiger partial charge in [-0.1, -0.05) is 26.0 Å². The summed E-state index contributed by atoms with van der Waals surface area (Å²) in [6, 6.07) is -5.00. The monoisotopic (exact) mass is 1230 g/mol. The molecule has 1 saturated heterocycles. The van der Waals surface area contributed by atoms with E-state index in [0.717, 1.165) is 12.1 Å². The second-order valence-corrected chi connectivity index (χ2v) is 20.0. The zero-order chi connectivity index (χ0) is 64.8. The number of hydrogen-bond acceptors (Lipinski definition) is 19. The SMILES string of the molecule is CC(C)[C@H](NC(=O)[C@H](CCC(=O)O)NC(=O)[C@H](CC(=O)O)NC(=O)CCCNC(=O)CN1CCN(CC(=O)O)CCN(CC(=O)O)CCN(CC(=O)O)CC1)C(=O)N[C@@H](CC(=O)O)C(=O)N[C@@H](CC(=O)NCc1ccc(OC(F)(F)F)cc1)C(N)=O. The van der Waals surface area contributed by atoms with E-state index in [2.05, 4.69) is 42.0 Å². The highest BCUT2D eigenvalue weighted by molar-refractivity contribution is 5.98. The van der Waals surface area contributed by atoms with Gasteiger partial charge in [0, 0.05) is 78.3 Å². The van der Waals surface area contributed by atoms with E-state index in [4.69, 9.17) is 5.73 Å². The first-order chi connectivity index (χ1) is 40.2. The number of halogens is 3. The van der Waals surface area contributed by atoms with Crippen molar-refractivity contribution in [2.45, 2.75) is 102 Å². The van der Waals surface area contributed by atoms with Crippen LogP contribution in [0.2, 0.25) is 0 Å². The van der Waals surface area contributed by atoms with Gasteiger partial charge in [0.05, 0.1) is 45.4 Å². The Morgan fingerprint density at radius 3 is 1.35 bits per heavy atom. The number of carboxylic acids is 6. The van der Waals surface area contributed by atoms with Gasteiger partial charge in [-0.15, -0.1) is 13.2 Å². The number of aliphatic carboxylic acids is 6. The zero-order valence-corrected chi connectivity index (χ0v) is 46.9. The maximum absolute atomic E-state index is 13.8. The number of carbonyl (C=O) groups excluding carboxylic acids is 8. The lowest BCUT2D eigenvalue weighted by Crippen LogP contribution is -2.60. The molecule has 15 N–H and O–H groups in total. The maximum Gasteiger partial charge on any atom is 0.573 e. The molecule has 1 aromatic carbocycles. The van der Waals surface area contributed by atoms with E-state index < -0.39 is 183 Å². The highest BCUT2D eigenvalue weighted by Gasteiger charge is 2.36. The van der Waals surface area contributed by atoms with E-state index in [1.807, 2.05) is 0 Å². The second kappa shape index (κ2) is 36.8. The van der Waals surface area contributed by atoms with E-state index in [-0.39, 0.29) is 90.5 Å². The molecule has 1 fully saturated rings. The first kappa shape index (κ1) is 73.3. The van der Waals surface area contributed by atoms with Gasteiger partial charge in [-0.05, 0) is 36.5 Å². The number of carboxylic acid groups (broad SMARTS) is 6. The molecule has 1 aliphatic rings. The number of alkyl halides is 3. The lowest BCUT2D eigenvalue weighted by atomic mass is 10.0. The van der Waals surface area contributed by atoms with Gasteiger partial charge in [0.1, 0.15) is 36.0 Å². The average molecular weight is 1240 g/mol. The van der Waals surface area contributed by atoms with Crippen molar-refractivity contribution >= 4 is 83.1 Å². The molecule has 0 aromatic heterocycles. The molecule has 86 heavy (non-hydrogen) atoms. The van der Waals surface area contributed by atoms with E-state index in [1.54, 1.807) is 19.6 Å². The predicted octanol–water partition coefficient (Wildman–Crippen LogP) is -4.66. The molecule has 1 aliphatic heterocycles. The smallest absolute Gasteiger partial charge is 0.481 e. The Morgan fingerprint density at radius 2 is 0.930 bits per heavy atom. The number of nitrogens with two attached hydrogens (primary N) is 1. The summed E-state index contributed by atoms with van der Waals surface area (Å²) < 4.78 is 41.3. The summed E-state index contributed by atoms with van der Waals surface area (Å²) in [4.78, 5) is 182. The van der Waals surface area contributed by atoms with E-state index in [9.17, 15) is 111 Å². The predicted molar refractivity (Wildman–Crippen MR) is 286 cm³/mol. The van der Waals surface area contributed by atoms with Crippen LogP contribution in [0.3, 0.4) is 0 Å². The third-order valence-electron chi connectivity index (χ3n) is 12.5. The Kier molecular flexibility index (Phi) is 31.4. The molecule has 0 spiro atoms. The molecule has 1 aromatic rings. The number of amides is 8. The van der Waals surface area contributed by atoms with Crippen LogP contribution in [0.5, 0.6) is 5.75 Å². The molecule has 480 valence electrons. The summed E-state index contributed by atoms with van der Waals surface area (Å²) in [5, 5.41) is 72.8. The minimum Gasteiger partial charge on any atom is -0.481 e. The molecule has 0 unspecified atom stereocenters. The van der Waals surface area contributed by atoms with Crippen molar-refractivity contribution < 1.29 is 116 Å². The summed E-state index contributed by atoms with van der Waals surface area (Å²) in [7, 11) is 0. The van der Waals surface area contributed by atoms with Gasteiger partial charge in [-0.25, -0.2) is 0 Å². The number of hydrogen-bond donors (Lipinski definition) is 14. The van der Waals surface area contributed by atoms with Crippen molar-refractivity contribution in [3.05, 3.63) is 29.8 Å². The number of primary amides is 1. The summed E-state index contributed by atoms with van der Waals surface area (Å²) in [5.74, 6) is -18.5. The van der Waals surface area contributed by atoms with Gasteiger partial charge >= 0.3 is 42.2 Å². The number of carbonyl (C=O) groups is 14. The van der Waals surface area contributed by atoms with Crippen molar-refractivity contribution in [2.75, 3.05) is 85.1 Å². The third kappa shape index (κ3) is 31.2. The third-order valence-corrected chi connectivity index (χ3v) is 12.5. The zero-order valence-electron chi connectivity index (χ0n) is 46.9. The Labute approximate surface area is 488 Å². The van der Waals surface area contributed by atoms with Crippen LogP contribution >= 0.6 is 0 Å². The van der Waals surface area contributed by atoms with Crippen LogP contribution in [-0.4, -0.2) is 255 Å². The molecular formula is C50H73F3N12O21. The first-order valence-corrected chi connectivity index (χ1v) is 26.6. The Hall–Kier alpha value is -8.77. The molecule has 33 nitrogen and oxygen atoms in total. The molecular weight excluding hydrogens is 1160 g/mol. The fraction of sp³-hybridized carbons (Fsp3) is 0.600. The van der Waals surface area contributed by atoms with Crippen LogP contribution in [0.15, 0.2) is 24.3 Å². The Balaban J connectivity index is 2.13. The van der Waals surface area contributed by atoms with Gasteiger partial charge in [0.2, 0.25) is 47.3 Å². The van der Waals surface area contributed by atoms with E-state index in [1.165, 1.54) is 26.0 Å². The van der Waals surface area contributed by atoms with Crippen molar-refractivity contribution in [3.63, 3.8) is 0 Å². The quantitative estimate of drug-likeness (QED) is 0.0284. The molecule has 36 heteroatoms. The normalized spacial score (nSPS) is 15.7.